The summed E-state index contributed by atoms with van der Waals surface area (Å²) in [5.74, 6) is 1.37. The molecule has 118 valence electrons. The Morgan fingerprint density at radius 1 is 1.30 bits per heavy atom. The zero-order valence-corrected chi connectivity index (χ0v) is 14.4. The van der Waals surface area contributed by atoms with E-state index in [0.717, 1.165) is 43.8 Å². The molecule has 2 atom stereocenters. The Morgan fingerprint density at radius 2 is 1.95 bits per heavy atom. The summed E-state index contributed by atoms with van der Waals surface area (Å²) in [5.41, 5.74) is 5.80. The molecule has 2 aliphatic carbocycles. The smallest absolute Gasteiger partial charge is 0.242 e. The molecule has 2 saturated carbocycles. The summed E-state index contributed by atoms with van der Waals surface area (Å²) < 4.78 is 0. The van der Waals surface area contributed by atoms with Gasteiger partial charge in [-0.15, -0.1) is 12.4 Å². The van der Waals surface area contributed by atoms with Crippen molar-refractivity contribution in [2.24, 2.45) is 5.73 Å². The van der Waals surface area contributed by atoms with Crippen LogP contribution in [0.25, 0.3) is 0 Å². The lowest BCUT2D eigenvalue weighted by Gasteiger charge is -2.37. The van der Waals surface area contributed by atoms with Gasteiger partial charge in [-0.25, -0.2) is 0 Å². The SMILES string of the molecule is CCSC1CCC(N(C)C(=O)C2(N)CCCCC2)C1.Cl. The summed E-state index contributed by atoms with van der Waals surface area (Å²) >= 11 is 2.04. The minimum atomic E-state index is -0.566. The third-order valence-electron chi connectivity index (χ3n) is 4.80. The summed E-state index contributed by atoms with van der Waals surface area (Å²) in [4.78, 5) is 14.6. The second kappa shape index (κ2) is 7.90. The van der Waals surface area contributed by atoms with E-state index in [4.69, 9.17) is 5.73 Å². The molecule has 0 radical (unpaired) electrons. The first kappa shape index (κ1) is 18.1. The number of carbonyl (C=O) groups excluding carboxylic acids is 1. The van der Waals surface area contributed by atoms with Crippen molar-refractivity contribution in [3.8, 4) is 0 Å². The average Bonchev–Trinajstić information content (AvgIpc) is 2.87. The molecule has 0 aromatic heterocycles. The number of thioether (sulfide) groups is 1. The van der Waals surface area contributed by atoms with Crippen molar-refractivity contribution in [3.05, 3.63) is 0 Å². The highest BCUT2D eigenvalue weighted by atomic mass is 35.5. The van der Waals surface area contributed by atoms with Crippen molar-refractivity contribution in [3.63, 3.8) is 0 Å². The lowest BCUT2D eigenvalue weighted by atomic mass is 9.81. The zero-order chi connectivity index (χ0) is 13.9. The van der Waals surface area contributed by atoms with Gasteiger partial charge in [0.25, 0.3) is 0 Å². The third kappa shape index (κ3) is 4.05. The van der Waals surface area contributed by atoms with Gasteiger partial charge in [0, 0.05) is 18.3 Å². The van der Waals surface area contributed by atoms with Crippen molar-refractivity contribution in [1.29, 1.82) is 0 Å². The summed E-state index contributed by atoms with van der Waals surface area (Å²) in [6.45, 7) is 2.21. The summed E-state index contributed by atoms with van der Waals surface area (Å²) in [5, 5.41) is 0.741. The molecule has 2 aliphatic rings. The van der Waals surface area contributed by atoms with Gasteiger partial charge in [0.1, 0.15) is 0 Å². The van der Waals surface area contributed by atoms with Gasteiger partial charge in [-0.2, -0.15) is 11.8 Å². The number of hydrogen-bond donors (Lipinski definition) is 1. The predicted molar refractivity (Wildman–Crippen MR) is 89.6 cm³/mol. The summed E-state index contributed by atoms with van der Waals surface area (Å²) in [6, 6.07) is 0.416. The molecule has 0 aromatic rings. The Kier molecular flexibility index (Phi) is 7.16. The number of likely N-dealkylation sites (N-methyl/N-ethyl adjacent to an activating group) is 1. The molecule has 2 fully saturated rings. The van der Waals surface area contributed by atoms with E-state index in [1.165, 1.54) is 18.6 Å². The minimum Gasteiger partial charge on any atom is -0.341 e. The maximum absolute atomic E-state index is 12.7. The number of halogens is 1. The maximum Gasteiger partial charge on any atom is 0.242 e. The van der Waals surface area contributed by atoms with E-state index in [1.807, 2.05) is 23.7 Å². The highest BCUT2D eigenvalue weighted by molar-refractivity contribution is 7.99. The highest BCUT2D eigenvalue weighted by Crippen LogP contribution is 2.34. The monoisotopic (exact) mass is 320 g/mol. The number of nitrogens with zero attached hydrogens (tertiary/aromatic N) is 1. The molecular formula is C15H29ClN2OS. The Balaban J connectivity index is 0.00000200. The second-order valence-corrected chi connectivity index (χ2v) is 7.75. The van der Waals surface area contributed by atoms with Gasteiger partial charge in [-0.3, -0.25) is 4.79 Å². The molecular weight excluding hydrogens is 292 g/mol. The van der Waals surface area contributed by atoms with Gasteiger partial charge in [0.2, 0.25) is 5.91 Å². The van der Waals surface area contributed by atoms with Gasteiger partial charge in [0.15, 0.2) is 0 Å². The van der Waals surface area contributed by atoms with Crippen LogP contribution in [0.5, 0.6) is 0 Å². The fraction of sp³-hybridized carbons (Fsp3) is 0.933. The van der Waals surface area contributed by atoms with Crippen LogP contribution in [-0.4, -0.2) is 40.4 Å². The zero-order valence-electron chi connectivity index (χ0n) is 12.8. The molecule has 0 bridgehead atoms. The fourth-order valence-corrected chi connectivity index (χ4v) is 4.70. The van der Waals surface area contributed by atoms with Crippen LogP contribution in [0.3, 0.4) is 0 Å². The van der Waals surface area contributed by atoms with Gasteiger partial charge in [-0.1, -0.05) is 26.2 Å². The Hall–Kier alpha value is 0.0700. The van der Waals surface area contributed by atoms with E-state index < -0.39 is 5.54 Å². The molecule has 1 amide bonds. The van der Waals surface area contributed by atoms with Crippen molar-refractivity contribution >= 4 is 30.1 Å². The number of nitrogens with two attached hydrogens (primary N) is 1. The van der Waals surface area contributed by atoms with Gasteiger partial charge < -0.3 is 10.6 Å². The molecule has 0 aliphatic heterocycles. The van der Waals surface area contributed by atoms with Crippen molar-refractivity contribution in [1.82, 2.24) is 4.90 Å². The topological polar surface area (TPSA) is 46.3 Å². The molecule has 2 unspecified atom stereocenters. The largest absolute Gasteiger partial charge is 0.341 e. The predicted octanol–water partition coefficient (Wildman–Crippen LogP) is 3.20. The van der Waals surface area contributed by atoms with Crippen LogP contribution < -0.4 is 5.73 Å². The summed E-state index contributed by atoms with van der Waals surface area (Å²) in [7, 11) is 1.97. The van der Waals surface area contributed by atoms with E-state index in [-0.39, 0.29) is 18.3 Å². The van der Waals surface area contributed by atoms with E-state index in [9.17, 15) is 4.79 Å². The van der Waals surface area contributed by atoms with Gasteiger partial charge >= 0.3 is 0 Å². The molecule has 20 heavy (non-hydrogen) atoms. The molecule has 0 saturated heterocycles. The highest BCUT2D eigenvalue weighted by Gasteiger charge is 2.40. The molecule has 3 nitrogen and oxygen atoms in total. The quantitative estimate of drug-likeness (QED) is 0.865. The van der Waals surface area contributed by atoms with E-state index in [2.05, 4.69) is 6.92 Å². The molecule has 2 N–H and O–H groups in total. The minimum absolute atomic E-state index is 0. The van der Waals surface area contributed by atoms with Crippen LogP contribution >= 0.6 is 24.2 Å². The third-order valence-corrected chi connectivity index (χ3v) is 6.03. The Bertz CT molecular complexity index is 321. The van der Waals surface area contributed by atoms with E-state index >= 15 is 0 Å². The van der Waals surface area contributed by atoms with Crippen LogP contribution in [0.15, 0.2) is 0 Å². The standard InChI is InChI=1S/C15H28N2OS.ClH/c1-3-19-13-8-7-12(11-13)17(2)14(18)15(16)9-5-4-6-10-15;/h12-13H,3-11,16H2,1-2H3;1H. The normalized spacial score (nSPS) is 28.8. The Morgan fingerprint density at radius 3 is 2.55 bits per heavy atom. The molecule has 0 aromatic carbocycles. The molecule has 0 heterocycles. The van der Waals surface area contributed by atoms with Crippen LogP contribution in [0, 0.1) is 0 Å². The Labute approximate surface area is 133 Å². The average molecular weight is 321 g/mol. The number of carbonyl (C=O) groups is 1. The van der Waals surface area contributed by atoms with Crippen molar-refractivity contribution in [2.45, 2.75) is 75.1 Å². The summed E-state index contributed by atoms with van der Waals surface area (Å²) in [6.07, 6.45) is 8.73. The van der Waals surface area contributed by atoms with Gasteiger partial charge in [-0.05, 0) is 37.9 Å². The number of amides is 1. The maximum atomic E-state index is 12.7. The first-order chi connectivity index (χ1) is 9.07. The van der Waals surface area contributed by atoms with Crippen LogP contribution in [0.2, 0.25) is 0 Å². The molecule has 2 rings (SSSR count). The van der Waals surface area contributed by atoms with Crippen LogP contribution in [0.4, 0.5) is 0 Å². The first-order valence-electron chi connectivity index (χ1n) is 7.74. The fourth-order valence-electron chi connectivity index (χ4n) is 3.57. The van der Waals surface area contributed by atoms with Crippen molar-refractivity contribution in [2.75, 3.05) is 12.8 Å². The number of hydrogen-bond acceptors (Lipinski definition) is 3. The van der Waals surface area contributed by atoms with E-state index in [0.29, 0.717) is 6.04 Å². The lowest BCUT2D eigenvalue weighted by Crippen LogP contribution is -2.57. The lowest BCUT2D eigenvalue weighted by molar-refractivity contribution is -0.139. The number of rotatable bonds is 4. The van der Waals surface area contributed by atoms with Crippen LogP contribution in [-0.2, 0) is 4.79 Å². The molecule has 0 spiro atoms. The second-order valence-electron chi connectivity index (χ2n) is 6.18. The van der Waals surface area contributed by atoms with Gasteiger partial charge in [0.05, 0.1) is 5.54 Å². The van der Waals surface area contributed by atoms with Crippen molar-refractivity contribution < 1.29 is 4.79 Å². The first-order valence-corrected chi connectivity index (χ1v) is 8.79. The molecule has 5 heteroatoms. The van der Waals surface area contributed by atoms with Crippen LogP contribution in [0.1, 0.15) is 58.3 Å². The van der Waals surface area contributed by atoms with E-state index in [1.54, 1.807) is 0 Å².